The lowest BCUT2D eigenvalue weighted by Gasteiger charge is -2.11. The fraction of sp³-hybridized carbons (Fsp3) is 0. The minimum absolute atomic E-state index is 0.674. The van der Waals surface area contributed by atoms with Crippen LogP contribution in [0.3, 0.4) is 0 Å². The summed E-state index contributed by atoms with van der Waals surface area (Å²) in [5.74, 6) is 0.674. The van der Waals surface area contributed by atoms with Gasteiger partial charge in [-0.3, -0.25) is 0 Å². The van der Waals surface area contributed by atoms with Gasteiger partial charge in [-0.1, -0.05) is 176 Å². The Balaban J connectivity index is 1.02. The van der Waals surface area contributed by atoms with E-state index in [4.69, 9.17) is 19.4 Å². The summed E-state index contributed by atoms with van der Waals surface area (Å²) in [6.07, 6.45) is 0. The molecule has 0 saturated heterocycles. The number of pyridine rings is 1. The maximum absolute atomic E-state index is 6.78. The summed E-state index contributed by atoms with van der Waals surface area (Å²) in [4.78, 5) is 15.4. The fourth-order valence-electron chi connectivity index (χ4n) is 8.12. The Morgan fingerprint density at radius 1 is 0.333 bits per heavy atom. The van der Waals surface area contributed by atoms with E-state index in [0.717, 1.165) is 94.1 Å². The molecule has 0 radical (unpaired) electrons. The maximum atomic E-state index is 6.78. The second-order valence-corrected chi connectivity index (χ2v) is 14.3. The molecule has 0 aliphatic rings. The zero-order valence-corrected chi connectivity index (χ0v) is 30.8. The van der Waals surface area contributed by atoms with E-state index < -0.39 is 0 Å². The molecule has 4 heteroatoms. The minimum atomic E-state index is 0.674. The predicted octanol–water partition coefficient (Wildman–Crippen LogP) is 14.1. The molecule has 3 heterocycles. The van der Waals surface area contributed by atoms with Gasteiger partial charge in [0.1, 0.15) is 11.2 Å². The number of para-hydroxylation sites is 2. The average molecular weight is 728 g/mol. The van der Waals surface area contributed by atoms with E-state index in [0.29, 0.717) is 5.82 Å². The quantitative estimate of drug-likeness (QED) is 0.160. The van der Waals surface area contributed by atoms with Crippen molar-refractivity contribution in [3.05, 3.63) is 200 Å². The van der Waals surface area contributed by atoms with Crippen molar-refractivity contribution < 1.29 is 4.42 Å². The van der Waals surface area contributed by atoms with Crippen LogP contribution >= 0.6 is 0 Å². The lowest BCUT2D eigenvalue weighted by molar-refractivity contribution is 0.670. The Morgan fingerprint density at radius 3 is 1.60 bits per heavy atom. The van der Waals surface area contributed by atoms with Gasteiger partial charge in [-0.2, -0.15) is 0 Å². The highest BCUT2D eigenvalue weighted by Crippen LogP contribution is 2.43. The molecular weight excluding hydrogens is 695 g/mol. The Hall–Kier alpha value is -7.69. The molecule has 0 spiro atoms. The Bertz CT molecular complexity index is 3250. The van der Waals surface area contributed by atoms with Gasteiger partial charge in [0, 0.05) is 54.7 Å². The smallest absolute Gasteiger partial charge is 0.160 e. The Morgan fingerprint density at radius 2 is 0.877 bits per heavy atom. The van der Waals surface area contributed by atoms with Gasteiger partial charge in [0.15, 0.2) is 5.82 Å². The first-order valence-electron chi connectivity index (χ1n) is 19.2. The van der Waals surface area contributed by atoms with Crippen LogP contribution in [0.5, 0.6) is 0 Å². The van der Waals surface area contributed by atoms with Gasteiger partial charge < -0.3 is 4.42 Å². The first kappa shape index (κ1) is 32.7. The molecular formula is C53H33N3O. The normalized spacial score (nSPS) is 11.5. The second-order valence-electron chi connectivity index (χ2n) is 14.3. The molecule has 0 atom stereocenters. The van der Waals surface area contributed by atoms with Crippen LogP contribution in [-0.4, -0.2) is 15.0 Å². The molecule has 0 bridgehead atoms. The molecule has 0 amide bonds. The summed E-state index contributed by atoms with van der Waals surface area (Å²) < 4.78 is 6.78. The molecule has 3 aromatic heterocycles. The van der Waals surface area contributed by atoms with Crippen molar-refractivity contribution in [2.75, 3.05) is 0 Å². The Labute approximate surface area is 329 Å². The van der Waals surface area contributed by atoms with Crippen LogP contribution in [0.1, 0.15) is 0 Å². The Kier molecular flexibility index (Phi) is 7.78. The summed E-state index contributed by atoms with van der Waals surface area (Å²) in [5, 5.41) is 5.55. The summed E-state index contributed by atoms with van der Waals surface area (Å²) in [6, 6.07) is 69.5. The molecule has 0 N–H and O–H groups in total. The van der Waals surface area contributed by atoms with Gasteiger partial charge in [0.2, 0.25) is 0 Å². The van der Waals surface area contributed by atoms with Crippen LogP contribution in [0.25, 0.3) is 111 Å². The van der Waals surface area contributed by atoms with Gasteiger partial charge in [-0.25, -0.2) is 15.0 Å². The molecule has 11 aromatic rings. The van der Waals surface area contributed by atoms with E-state index >= 15 is 0 Å². The second kappa shape index (κ2) is 13.6. The van der Waals surface area contributed by atoms with Crippen molar-refractivity contribution in [1.29, 1.82) is 0 Å². The third-order valence-electron chi connectivity index (χ3n) is 10.9. The molecule has 0 aliphatic heterocycles. The van der Waals surface area contributed by atoms with Gasteiger partial charge in [-0.15, -0.1) is 0 Å². The van der Waals surface area contributed by atoms with E-state index in [1.54, 1.807) is 0 Å². The molecule has 266 valence electrons. The third kappa shape index (κ3) is 5.74. The van der Waals surface area contributed by atoms with Crippen molar-refractivity contribution in [2.45, 2.75) is 0 Å². The average Bonchev–Trinajstić information content (AvgIpc) is 3.69. The predicted molar refractivity (Wildman–Crippen MR) is 235 cm³/mol. The fourth-order valence-corrected chi connectivity index (χ4v) is 8.12. The highest BCUT2D eigenvalue weighted by atomic mass is 16.3. The number of hydrogen-bond acceptors (Lipinski definition) is 4. The first-order valence-corrected chi connectivity index (χ1v) is 19.2. The molecule has 0 fully saturated rings. The van der Waals surface area contributed by atoms with Crippen molar-refractivity contribution >= 4 is 43.6 Å². The molecule has 57 heavy (non-hydrogen) atoms. The highest BCUT2D eigenvalue weighted by Gasteiger charge is 2.19. The summed E-state index contributed by atoms with van der Waals surface area (Å²) in [6.45, 7) is 0. The SMILES string of the molecule is c1ccc(-c2ccc(-c3cc(-c4ccccc4)nc(-c4ccc(-c5cccc6c5oc5ccc7c(-c8ccccc8)nc8ccccc8c7c56)cc4)n3)cc2)cc1. The van der Waals surface area contributed by atoms with Gasteiger partial charge >= 0.3 is 0 Å². The first-order chi connectivity index (χ1) is 28.2. The van der Waals surface area contributed by atoms with E-state index in [2.05, 4.69) is 170 Å². The number of hydrogen-bond donors (Lipinski definition) is 0. The van der Waals surface area contributed by atoms with Gasteiger partial charge in [0.05, 0.1) is 22.6 Å². The van der Waals surface area contributed by atoms with E-state index in [1.165, 1.54) is 11.1 Å². The van der Waals surface area contributed by atoms with E-state index in [1.807, 2.05) is 30.3 Å². The number of rotatable bonds is 6. The zero-order chi connectivity index (χ0) is 37.7. The number of fused-ring (bicyclic) bond motifs is 7. The number of benzene rings is 8. The van der Waals surface area contributed by atoms with Crippen LogP contribution in [0, 0.1) is 0 Å². The van der Waals surface area contributed by atoms with Crippen molar-refractivity contribution in [2.24, 2.45) is 0 Å². The van der Waals surface area contributed by atoms with Gasteiger partial charge in [0.25, 0.3) is 0 Å². The highest BCUT2D eigenvalue weighted by molar-refractivity contribution is 6.29. The van der Waals surface area contributed by atoms with Gasteiger partial charge in [-0.05, 0) is 41.0 Å². The van der Waals surface area contributed by atoms with Crippen molar-refractivity contribution in [3.8, 4) is 67.4 Å². The number of aromatic nitrogens is 3. The molecule has 0 unspecified atom stereocenters. The summed E-state index contributed by atoms with van der Waals surface area (Å²) in [7, 11) is 0. The van der Waals surface area contributed by atoms with Crippen molar-refractivity contribution in [3.63, 3.8) is 0 Å². The lowest BCUT2D eigenvalue weighted by atomic mass is 9.95. The number of nitrogens with zero attached hydrogens (tertiary/aromatic N) is 3. The lowest BCUT2D eigenvalue weighted by Crippen LogP contribution is -1.96. The third-order valence-corrected chi connectivity index (χ3v) is 10.9. The van der Waals surface area contributed by atoms with Crippen LogP contribution in [-0.2, 0) is 0 Å². The molecule has 8 aromatic carbocycles. The van der Waals surface area contributed by atoms with Crippen LogP contribution in [0.4, 0.5) is 0 Å². The molecule has 11 rings (SSSR count). The topological polar surface area (TPSA) is 51.8 Å². The van der Waals surface area contributed by atoms with Crippen LogP contribution in [0.15, 0.2) is 205 Å². The summed E-state index contributed by atoms with van der Waals surface area (Å²) >= 11 is 0. The molecule has 4 nitrogen and oxygen atoms in total. The largest absolute Gasteiger partial charge is 0.455 e. The zero-order valence-electron chi connectivity index (χ0n) is 30.8. The summed E-state index contributed by atoms with van der Waals surface area (Å²) in [5.41, 5.74) is 14.0. The van der Waals surface area contributed by atoms with E-state index in [9.17, 15) is 0 Å². The molecule has 0 saturated carbocycles. The van der Waals surface area contributed by atoms with Crippen LogP contribution in [0.2, 0.25) is 0 Å². The standard InChI is InChI=1S/C53H33N3O/c1-4-13-34(14-5-1)35-23-27-38(28-24-35)47-33-46(37-15-6-2-7-16-37)55-53(56-47)40-29-25-36(26-30-40)41-20-12-21-44-50-48(57-52(41)44)32-31-43-49(50)42-19-10-11-22-45(42)54-51(43)39-17-8-3-9-18-39/h1-33H. The monoisotopic (exact) mass is 727 g/mol. The minimum Gasteiger partial charge on any atom is -0.455 e. The molecule has 0 aliphatic carbocycles. The van der Waals surface area contributed by atoms with Crippen LogP contribution < -0.4 is 0 Å². The number of furan rings is 1. The van der Waals surface area contributed by atoms with Crippen molar-refractivity contribution in [1.82, 2.24) is 15.0 Å². The maximum Gasteiger partial charge on any atom is 0.160 e. The van der Waals surface area contributed by atoms with E-state index in [-0.39, 0.29) is 0 Å².